The van der Waals surface area contributed by atoms with Gasteiger partial charge in [0, 0.05) is 23.9 Å². The number of piperidine rings is 2. The third-order valence-corrected chi connectivity index (χ3v) is 5.58. The van der Waals surface area contributed by atoms with Crippen molar-refractivity contribution in [2.45, 2.75) is 63.3 Å². The second-order valence-corrected chi connectivity index (χ2v) is 7.54. The first-order valence-corrected chi connectivity index (χ1v) is 7.56. The average Bonchev–Trinajstić information content (AvgIpc) is 2.68. The minimum Gasteiger partial charge on any atom is -0.462 e. The van der Waals surface area contributed by atoms with Crippen molar-refractivity contribution in [2.24, 2.45) is 5.41 Å². The number of nitrogens with one attached hydrogen (secondary N) is 1. The van der Waals surface area contributed by atoms with Gasteiger partial charge in [0.2, 0.25) is 0 Å². The fourth-order valence-electron chi connectivity index (χ4n) is 4.55. The smallest absolute Gasteiger partial charge is 0.407 e. The van der Waals surface area contributed by atoms with Gasteiger partial charge in [-0.05, 0) is 40.7 Å². The van der Waals surface area contributed by atoms with E-state index in [1.807, 2.05) is 20.8 Å². The van der Waals surface area contributed by atoms with Crippen LogP contribution in [0.1, 0.15) is 40.0 Å². The molecule has 21 heavy (non-hydrogen) atoms. The number of ether oxygens (including phenoxy) is 2. The molecule has 1 amide bonds. The van der Waals surface area contributed by atoms with Gasteiger partial charge >= 0.3 is 6.09 Å². The first kappa shape index (κ1) is 14.6. The molecule has 0 aromatic heterocycles. The number of alkyl carbamates (subject to hydrolysis) is 1. The van der Waals surface area contributed by atoms with Crippen LogP contribution >= 0.6 is 0 Å². The molecule has 0 aromatic carbocycles. The predicted molar refractivity (Wildman–Crippen MR) is 75.7 cm³/mol. The molecule has 2 saturated heterocycles. The highest BCUT2D eigenvalue weighted by molar-refractivity contribution is 5.71. The number of hydrogen-bond acceptors (Lipinski definition) is 5. The van der Waals surface area contributed by atoms with Crippen LogP contribution in [0.2, 0.25) is 0 Å². The molecule has 1 N–H and O–H groups in total. The van der Waals surface area contributed by atoms with Gasteiger partial charge in [0.25, 0.3) is 6.47 Å². The van der Waals surface area contributed by atoms with Crippen LogP contribution in [0, 0.1) is 5.41 Å². The molecule has 4 aliphatic rings. The lowest BCUT2D eigenvalue weighted by Crippen LogP contribution is -2.91. The Morgan fingerprint density at radius 3 is 2.48 bits per heavy atom. The molecule has 2 aliphatic carbocycles. The average molecular weight is 296 g/mol. The minimum atomic E-state index is -0.318. The summed E-state index contributed by atoms with van der Waals surface area (Å²) < 4.78 is 10.1. The molecule has 2 spiro atoms. The molecule has 2 heterocycles. The van der Waals surface area contributed by atoms with Crippen molar-refractivity contribution in [3.05, 3.63) is 0 Å². The van der Waals surface area contributed by atoms with E-state index in [1.165, 1.54) is 12.8 Å². The normalized spacial score (nSPS) is 42.8. The number of rotatable bonds is 1. The zero-order chi connectivity index (χ0) is 15.5. The summed E-state index contributed by atoms with van der Waals surface area (Å²) >= 11 is 0. The zero-order valence-corrected chi connectivity index (χ0v) is 13.1. The van der Waals surface area contributed by atoms with Crippen LogP contribution in [0.4, 0.5) is 4.79 Å². The highest BCUT2D eigenvalue weighted by atomic mass is 16.6. The number of carbonyl (C=O) groups is 2. The Balaban J connectivity index is 0.000000164. The number of amides is 1. The van der Waals surface area contributed by atoms with Gasteiger partial charge in [0.05, 0.1) is 6.54 Å². The van der Waals surface area contributed by atoms with E-state index >= 15 is 0 Å². The monoisotopic (exact) mass is 296 g/mol. The highest BCUT2D eigenvalue weighted by Gasteiger charge is 2.83. The van der Waals surface area contributed by atoms with E-state index in [2.05, 4.69) is 22.0 Å². The van der Waals surface area contributed by atoms with Gasteiger partial charge < -0.3 is 14.8 Å². The lowest BCUT2D eigenvalue weighted by Gasteiger charge is -2.81. The first-order valence-electron chi connectivity index (χ1n) is 7.56. The van der Waals surface area contributed by atoms with Crippen LogP contribution in [-0.4, -0.2) is 54.3 Å². The van der Waals surface area contributed by atoms with Gasteiger partial charge in [-0.15, -0.1) is 0 Å². The van der Waals surface area contributed by atoms with Gasteiger partial charge in [-0.2, -0.15) is 0 Å². The number of likely N-dealkylation sites (tertiary alicyclic amines) is 1. The maximum atomic E-state index is 11.1. The van der Waals surface area contributed by atoms with Crippen LogP contribution in [0.25, 0.3) is 0 Å². The minimum absolute atomic E-state index is 0.121. The van der Waals surface area contributed by atoms with Crippen molar-refractivity contribution < 1.29 is 19.1 Å². The summed E-state index contributed by atoms with van der Waals surface area (Å²) in [5, 5.41) is 2.81. The molecule has 0 aromatic rings. The number of carbonyl (C=O) groups excluding carboxylic acids is 2. The molecule has 4 atom stereocenters. The molecule has 2 saturated carbocycles. The first-order chi connectivity index (χ1) is 9.76. The zero-order valence-electron chi connectivity index (χ0n) is 13.1. The highest BCUT2D eigenvalue weighted by Crippen LogP contribution is 2.73. The van der Waals surface area contributed by atoms with E-state index < -0.39 is 0 Å². The Morgan fingerprint density at radius 1 is 1.43 bits per heavy atom. The Labute approximate surface area is 125 Å². The summed E-state index contributed by atoms with van der Waals surface area (Å²) in [6.45, 7) is 6.66. The summed E-state index contributed by atoms with van der Waals surface area (Å²) in [6.07, 6.45) is 3.37. The Kier molecular flexibility index (Phi) is 3.03. The Morgan fingerprint density at radius 2 is 2.14 bits per heavy atom. The molecule has 0 bridgehead atoms. The summed E-state index contributed by atoms with van der Waals surface area (Å²) in [5.74, 6) is 0. The van der Waals surface area contributed by atoms with Crippen LogP contribution in [0.15, 0.2) is 0 Å². The van der Waals surface area contributed by atoms with E-state index in [0.717, 1.165) is 13.0 Å². The maximum Gasteiger partial charge on any atom is 0.407 e. The van der Waals surface area contributed by atoms with Gasteiger partial charge in [0.15, 0.2) is 0 Å². The third-order valence-electron chi connectivity index (χ3n) is 5.58. The molecule has 0 radical (unpaired) electrons. The van der Waals surface area contributed by atoms with Gasteiger partial charge in [-0.25, -0.2) is 4.79 Å². The van der Waals surface area contributed by atoms with Crippen LogP contribution in [0.3, 0.4) is 0 Å². The fraction of sp³-hybridized carbons (Fsp3) is 0.867. The molecule has 4 unspecified atom stereocenters. The van der Waals surface area contributed by atoms with Gasteiger partial charge in [-0.1, -0.05) is 0 Å². The van der Waals surface area contributed by atoms with E-state index in [4.69, 9.17) is 4.74 Å². The molecular weight excluding hydrogens is 272 g/mol. The molecular formula is C15H24N2O4. The number of nitrogens with zero attached hydrogens (tertiary/aromatic N) is 1. The SMILES string of the molecule is CC(C)(C)OC=O.CN1C2CCC23C1CC31CNC(=O)O1. The molecule has 4 fully saturated rings. The summed E-state index contributed by atoms with van der Waals surface area (Å²) in [4.78, 5) is 23.2. The third kappa shape index (κ3) is 1.81. The summed E-state index contributed by atoms with van der Waals surface area (Å²) in [6, 6.07) is 1.38. The molecule has 118 valence electrons. The second kappa shape index (κ2) is 4.35. The van der Waals surface area contributed by atoms with Crippen molar-refractivity contribution >= 4 is 12.6 Å². The standard InChI is InChI=1S/C10H14N2O2.C5H10O2/c1-12-6-2-3-10(6)7(12)4-9(10)5-11-8(13)14-9;1-5(2,3)7-4-6/h6-7H,2-5H2,1H3,(H,11,13);4H,1-3H3. The van der Waals surface area contributed by atoms with Crippen molar-refractivity contribution in [3.8, 4) is 0 Å². The quantitative estimate of drug-likeness (QED) is 0.739. The second-order valence-electron chi connectivity index (χ2n) is 7.54. The molecule has 4 rings (SSSR count). The fourth-order valence-corrected chi connectivity index (χ4v) is 4.55. The Bertz CT molecular complexity index is 467. The number of hydrogen-bond donors (Lipinski definition) is 1. The topological polar surface area (TPSA) is 67.9 Å². The van der Waals surface area contributed by atoms with E-state index in [1.54, 1.807) is 0 Å². The van der Waals surface area contributed by atoms with Crippen molar-refractivity contribution in [2.75, 3.05) is 13.6 Å². The van der Waals surface area contributed by atoms with Crippen molar-refractivity contribution in [1.82, 2.24) is 10.2 Å². The molecule has 6 nitrogen and oxygen atoms in total. The summed E-state index contributed by atoms with van der Waals surface area (Å²) in [7, 11) is 2.20. The van der Waals surface area contributed by atoms with Crippen molar-refractivity contribution in [1.29, 1.82) is 0 Å². The largest absolute Gasteiger partial charge is 0.462 e. The van der Waals surface area contributed by atoms with E-state index in [9.17, 15) is 9.59 Å². The van der Waals surface area contributed by atoms with E-state index in [0.29, 0.717) is 24.0 Å². The lowest BCUT2D eigenvalue weighted by atomic mass is 9.36. The predicted octanol–water partition coefficient (Wildman–Crippen LogP) is 1.29. The summed E-state index contributed by atoms with van der Waals surface area (Å²) in [5.41, 5.74) is -0.0904. The maximum absolute atomic E-state index is 11.1. The van der Waals surface area contributed by atoms with Crippen LogP contribution in [0.5, 0.6) is 0 Å². The molecule has 6 heteroatoms. The molecule has 2 aliphatic heterocycles. The van der Waals surface area contributed by atoms with Crippen LogP contribution in [-0.2, 0) is 14.3 Å². The van der Waals surface area contributed by atoms with Gasteiger partial charge in [-0.3, -0.25) is 9.69 Å². The Hall–Kier alpha value is -1.30. The van der Waals surface area contributed by atoms with Crippen molar-refractivity contribution in [3.63, 3.8) is 0 Å². The van der Waals surface area contributed by atoms with Crippen LogP contribution < -0.4 is 5.32 Å². The van der Waals surface area contributed by atoms with E-state index in [-0.39, 0.29) is 17.3 Å². The van der Waals surface area contributed by atoms with Gasteiger partial charge in [0.1, 0.15) is 11.2 Å². The lowest BCUT2D eigenvalue weighted by molar-refractivity contribution is -0.348.